The van der Waals surface area contributed by atoms with Crippen LogP contribution in [0.3, 0.4) is 0 Å². The lowest BCUT2D eigenvalue weighted by Crippen LogP contribution is -2.31. The maximum Gasteiger partial charge on any atom is 0.225 e. The molecule has 3 aromatic heterocycles. The van der Waals surface area contributed by atoms with E-state index in [2.05, 4.69) is 25.1 Å². The lowest BCUT2D eigenvalue weighted by atomic mass is 10.2. The van der Waals surface area contributed by atoms with Gasteiger partial charge in [-0.15, -0.1) is 0 Å². The Kier molecular flexibility index (Phi) is 3.45. The van der Waals surface area contributed by atoms with Crippen LogP contribution in [0.2, 0.25) is 10.4 Å². The third-order valence-electron chi connectivity index (χ3n) is 4.06. The zero-order valence-corrected chi connectivity index (χ0v) is 13.0. The molecule has 0 aromatic carbocycles. The number of aromatic nitrogens is 7. The normalized spacial score (nSPS) is 27.8. The van der Waals surface area contributed by atoms with Crippen molar-refractivity contribution in [1.29, 1.82) is 0 Å². The highest BCUT2D eigenvalue weighted by molar-refractivity contribution is 6.35. The van der Waals surface area contributed by atoms with Gasteiger partial charge in [0.05, 0.1) is 24.8 Å². The minimum absolute atomic E-state index is 0.0115. The summed E-state index contributed by atoms with van der Waals surface area (Å²) < 4.78 is 1.64. The molecular formula is C12H11Cl2N7O2. The fraction of sp³-hybridized carbons (Fsp3) is 0.417. The summed E-state index contributed by atoms with van der Waals surface area (Å²) in [6, 6.07) is -0.914. The summed E-state index contributed by atoms with van der Waals surface area (Å²) in [6.45, 7) is 0. The molecule has 3 aromatic rings. The Morgan fingerprint density at radius 1 is 1.04 bits per heavy atom. The topological polar surface area (TPSA) is 115 Å². The first-order chi connectivity index (χ1) is 11.1. The van der Waals surface area contributed by atoms with Crippen LogP contribution < -0.4 is 0 Å². The molecule has 3 heterocycles. The smallest absolute Gasteiger partial charge is 0.225 e. The lowest BCUT2D eigenvalue weighted by Gasteiger charge is -2.18. The molecule has 1 aliphatic carbocycles. The Labute approximate surface area is 139 Å². The summed E-state index contributed by atoms with van der Waals surface area (Å²) in [5.41, 5.74) is 0.791. The van der Waals surface area contributed by atoms with Gasteiger partial charge in [0.1, 0.15) is 23.8 Å². The number of fused-ring (bicyclic) bond motifs is 1. The largest absolute Gasteiger partial charge is 0.388 e. The van der Waals surface area contributed by atoms with Crippen molar-refractivity contribution in [2.75, 3.05) is 0 Å². The van der Waals surface area contributed by atoms with Crippen molar-refractivity contribution in [2.45, 2.75) is 30.7 Å². The second kappa shape index (κ2) is 5.38. The van der Waals surface area contributed by atoms with E-state index in [0.717, 1.165) is 0 Å². The summed E-state index contributed by atoms with van der Waals surface area (Å²) >= 11 is 11.9. The van der Waals surface area contributed by atoms with Gasteiger partial charge in [-0.1, -0.05) is 11.6 Å². The van der Waals surface area contributed by atoms with Gasteiger partial charge in [0.15, 0.2) is 10.8 Å². The van der Waals surface area contributed by atoms with E-state index < -0.39 is 24.3 Å². The molecule has 1 fully saturated rings. The standard InChI is InChI=1S/C12H11Cl2N7O2/c13-10-7-11(19-12(14)18-10)20(4-15-7)5-3-6(9(23)8(5)22)21-16-1-2-17-21/h1-2,4-6,8-9,22-23H,3H2/t5-,6+,8+,9-/m1/s1. The Morgan fingerprint density at radius 2 is 1.74 bits per heavy atom. The Morgan fingerprint density at radius 3 is 2.48 bits per heavy atom. The molecule has 4 rings (SSSR count). The highest BCUT2D eigenvalue weighted by Crippen LogP contribution is 2.39. The van der Waals surface area contributed by atoms with E-state index in [-0.39, 0.29) is 10.4 Å². The monoisotopic (exact) mass is 355 g/mol. The first-order valence-electron chi connectivity index (χ1n) is 6.84. The molecule has 1 saturated carbocycles. The fourth-order valence-corrected chi connectivity index (χ4v) is 3.41. The first kappa shape index (κ1) is 14.8. The Balaban J connectivity index is 1.76. The number of halogens is 2. The van der Waals surface area contributed by atoms with E-state index >= 15 is 0 Å². The molecule has 0 spiro atoms. The van der Waals surface area contributed by atoms with Crippen molar-refractivity contribution in [3.05, 3.63) is 29.2 Å². The maximum absolute atomic E-state index is 10.4. The van der Waals surface area contributed by atoms with Gasteiger partial charge in [-0.3, -0.25) is 0 Å². The van der Waals surface area contributed by atoms with Gasteiger partial charge >= 0.3 is 0 Å². The minimum Gasteiger partial charge on any atom is -0.388 e. The summed E-state index contributed by atoms with van der Waals surface area (Å²) in [5, 5.41) is 28.9. The molecule has 1 aliphatic rings. The average Bonchev–Trinajstić information content (AvgIpc) is 3.21. The predicted molar refractivity (Wildman–Crippen MR) is 80.1 cm³/mol. The molecule has 120 valence electrons. The van der Waals surface area contributed by atoms with Gasteiger partial charge in [-0.2, -0.15) is 20.0 Å². The third kappa shape index (κ3) is 2.27. The SMILES string of the molecule is O[C@@H]1[C@H](O)[C@@H](n2nccn2)C[C@H]1n1cnc2c(Cl)nc(Cl)nc21. The molecule has 0 unspecified atom stereocenters. The van der Waals surface area contributed by atoms with Gasteiger partial charge < -0.3 is 14.8 Å². The zero-order chi connectivity index (χ0) is 16.1. The predicted octanol–water partition coefficient (Wildman–Crippen LogP) is 0.632. The van der Waals surface area contributed by atoms with Crippen molar-refractivity contribution in [3.8, 4) is 0 Å². The maximum atomic E-state index is 10.4. The number of nitrogens with zero attached hydrogens (tertiary/aromatic N) is 7. The van der Waals surface area contributed by atoms with Gasteiger partial charge in [0.2, 0.25) is 5.28 Å². The summed E-state index contributed by atoms with van der Waals surface area (Å²) in [5.74, 6) is 0. The zero-order valence-electron chi connectivity index (χ0n) is 11.5. The highest BCUT2D eigenvalue weighted by atomic mass is 35.5. The molecule has 2 N–H and O–H groups in total. The van der Waals surface area contributed by atoms with Crippen molar-refractivity contribution in [3.63, 3.8) is 0 Å². The number of hydrogen-bond donors (Lipinski definition) is 2. The van der Waals surface area contributed by atoms with Crippen LogP contribution >= 0.6 is 23.2 Å². The van der Waals surface area contributed by atoms with Gasteiger partial charge in [-0.25, -0.2) is 9.97 Å². The molecule has 11 heteroatoms. The number of rotatable bonds is 2. The van der Waals surface area contributed by atoms with Crippen LogP contribution in [0.25, 0.3) is 11.2 Å². The Bertz CT molecular complexity index is 853. The van der Waals surface area contributed by atoms with E-state index in [1.807, 2.05) is 0 Å². The summed E-state index contributed by atoms with van der Waals surface area (Å²) in [7, 11) is 0. The molecule has 23 heavy (non-hydrogen) atoms. The van der Waals surface area contributed by atoms with Crippen molar-refractivity contribution in [2.24, 2.45) is 0 Å². The molecule has 0 saturated heterocycles. The van der Waals surface area contributed by atoms with Crippen LogP contribution in [0, 0.1) is 0 Å². The van der Waals surface area contributed by atoms with Crippen LogP contribution in [0.15, 0.2) is 18.7 Å². The van der Waals surface area contributed by atoms with Gasteiger partial charge in [-0.05, 0) is 18.0 Å². The van der Waals surface area contributed by atoms with Crippen molar-refractivity contribution >= 4 is 34.4 Å². The van der Waals surface area contributed by atoms with E-state index in [1.165, 1.54) is 23.5 Å². The second-order valence-corrected chi connectivity index (χ2v) is 6.00. The number of hydrogen-bond acceptors (Lipinski definition) is 7. The molecule has 0 amide bonds. The van der Waals surface area contributed by atoms with E-state index in [4.69, 9.17) is 23.2 Å². The van der Waals surface area contributed by atoms with Crippen LogP contribution in [0.1, 0.15) is 18.5 Å². The molecule has 4 atom stereocenters. The van der Waals surface area contributed by atoms with Crippen LogP contribution in [-0.4, -0.2) is 56.9 Å². The molecular weight excluding hydrogens is 345 g/mol. The Hall–Kier alpha value is -1.81. The molecule has 0 radical (unpaired) electrons. The second-order valence-electron chi connectivity index (χ2n) is 5.31. The first-order valence-corrected chi connectivity index (χ1v) is 7.59. The van der Waals surface area contributed by atoms with E-state index in [1.54, 1.807) is 4.57 Å². The number of aliphatic hydroxyl groups excluding tert-OH is 2. The van der Waals surface area contributed by atoms with Gasteiger partial charge in [0, 0.05) is 0 Å². The highest BCUT2D eigenvalue weighted by Gasteiger charge is 2.45. The van der Waals surface area contributed by atoms with E-state index in [9.17, 15) is 10.2 Å². The number of aliphatic hydroxyl groups is 2. The van der Waals surface area contributed by atoms with Crippen LogP contribution in [0.5, 0.6) is 0 Å². The summed E-state index contributed by atoms with van der Waals surface area (Å²) in [6.07, 6.45) is 2.90. The molecule has 0 bridgehead atoms. The van der Waals surface area contributed by atoms with Crippen LogP contribution in [0.4, 0.5) is 0 Å². The molecule has 9 nitrogen and oxygen atoms in total. The van der Waals surface area contributed by atoms with Gasteiger partial charge in [0.25, 0.3) is 0 Å². The minimum atomic E-state index is -1.03. The lowest BCUT2D eigenvalue weighted by molar-refractivity contribution is 0.00501. The third-order valence-corrected chi connectivity index (χ3v) is 4.50. The average molecular weight is 356 g/mol. The number of imidazole rings is 1. The quantitative estimate of drug-likeness (QED) is 0.511. The van der Waals surface area contributed by atoms with E-state index in [0.29, 0.717) is 17.6 Å². The summed E-state index contributed by atoms with van der Waals surface area (Å²) in [4.78, 5) is 13.5. The van der Waals surface area contributed by atoms with Crippen molar-refractivity contribution in [1.82, 2.24) is 34.5 Å². The van der Waals surface area contributed by atoms with Crippen molar-refractivity contribution < 1.29 is 10.2 Å². The fourth-order valence-electron chi connectivity index (χ4n) is 2.99. The molecule has 0 aliphatic heterocycles. The van der Waals surface area contributed by atoms with Crippen LogP contribution in [-0.2, 0) is 0 Å².